The lowest BCUT2D eigenvalue weighted by molar-refractivity contribution is -0.139. The van der Waals surface area contributed by atoms with Gasteiger partial charge in [-0.05, 0) is 49.1 Å². The number of carbonyl (C=O) groups is 2. The predicted octanol–water partition coefficient (Wildman–Crippen LogP) is 3.36. The lowest BCUT2D eigenvalue weighted by atomic mass is 9.95. The van der Waals surface area contributed by atoms with Gasteiger partial charge >= 0.3 is 12.0 Å². The summed E-state index contributed by atoms with van der Waals surface area (Å²) in [6.45, 7) is 4.30. The average Bonchev–Trinajstić information content (AvgIpc) is 3.28. The molecule has 32 heavy (non-hydrogen) atoms. The Hall–Kier alpha value is -3.32. The van der Waals surface area contributed by atoms with Crippen molar-refractivity contribution in [2.75, 3.05) is 33.4 Å². The molecule has 2 aromatic carbocycles. The van der Waals surface area contributed by atoms with E-state index in [9.17, 15) is 9.59 Å². The van der Waals surface area contributed by atoms with Gasteiger partial charge in [0.05, 0.1) is 25.3 Å². The maximum Gasteiger partial charge on any atom is 0.338 e. The van der Waals surface area contributed by atoms with Gasteiger partial charge in [-0.1, -0.05) is 42.5 Å². The van der Waals surface area contributed by atoms with Crippen LogP contribution in [-0.2, 0) is 9.53 Å². The molecule has 0 unspecified atom stereocenters. The number of ether oxygens (including phenoxy) is 2. The zero-order chi connectivity index (χ0) is 22.5. The molecule has 2 aliphatic heterocycles. The number of hydrogen-bond acceptors (Lipinski definition) is 5. The van der Waals surface area contributed by atoms with E-state index in [1.807, 2.05) is 30.3 Å². The fraction of sp³-hybridized carbons (Fsp3) is 0.360. The Labute approximate surface area is 188 Å². The Morgan fingerprint density at radius 3 is 2.53 bits per heavy atom. The topological polar surface area (TPSA) is 79.9 Å². The summed E-state index contributed by atoms with van der Waals surface area (Å²) >= 11 is 0. The lowest BCUT2D eigenvalue weighted by Gasteiger charge is -2.31. The summed E-state index contributed by atoms with van der Waals surface area (Å²) in [6, 6.07) is 16.9. The second kappa shape index (κ2) is 9.87. The first-order valence-electron chi connectivity index (χ1n) is 11.0. The average molecular weight is 436 g/mol. The third-order valence-electron chi connectivity index (χ3n) is 6.02. The minimum atomic E-state index is -0.587. The van der Waals surface area contributed by atoms with E-state index in [4.69, 9.17) is 9.47 Å². The molecule has 0 aliphatic carbocycles. The van der Waals surface area contributed by atoms with Crippen LogP contribution in [-0.4, -0.2) is 50.3 Å². The number of benzene rings is 2. The maximum atomic E-state index is 13.0. The fourth-order valence-electron chi connectivity index (χ4n) is 4.44. The van der Waals surface area contributed by atoms with Crippen LogP contribution < -0.4 is 15.4 Å². The monoisotopic (exact) mass is 435 g/mol. The first-order valence-corrected chi connectivity index (χ1v) is 11.0. The minimum Gasteiger partial charge on any atom is -0.497 e. The lowest BCUT2D eigenvalue weighted by Crippen LogP contribution is -2.48. The highest BCUT2D eigenvalue weighted by Crippen LogP contribution is 2.31. The van der Waals surface area contributed by atoms with Gasteiger partial charge in [0.1, 0.15) is 5.75 Å². The molecule has 0 bridgehead atoms. The molecular weight excluding hydrogens is 406 g/mol. The number of rotatable bonds is 7. The molecule has 0 aromatic heterocycles. The Morgan fingerprint density at radius 2 is 1.84 bits per heavy atom. The van der Waals surface area contributed by atoms with E-state index in [-0.39, 0.29) is 12.6 Å². The molecule has 1 fully saturated rings. The summed E-state index contributed by atoms with van der Waals surface area (Å²) in [6.07, 6.45) is 1.04. The summed E-state index contributed by atoms with van der Waals surface area (Å²) in [7, 11) is 1.60. The van der Waals surface area contributed by atoms with E-state index in [1.54, 1.807) is 14.0 Å². The van der Waals surface area contributed by atoms with E-state index in [0.717, 1.165) is 25.1 Å². The van der Waals surface area contributed by atoms with Crippen LogP contribution in [0.25, 0.3) is 0 Å². The van der Waals surface area contributed by atoms with Crippen molar-refractivity contribution >= 4 is 12.0 Å². The summed E-state index contributed by atoms with van der Waals surface area (Å²) in [5, 5.41) is 5.75. The molecular formula is C25H29N3O4. The molecule has 7 nitrogen and oxygen atoms in total. The minimum absolute atomic E-state index is 0.263. The largest absolute Gasteiger partial charge is 0.497 e. The SMILES string of the molecule is CCOC(=O)C1=C(CN2CC[C@@H](c3ccccc3)C2)NC(=O)N[C@H]1c1ccc(OC)cc1. The summed E-state index contributed by atoms with van der Waals surface area (Å²) in [4.78, 5) is 27.8. The van der Waals surface area contributed by atoms with Crippen LogP contribution >= 0.6 is 0 Å². The van der Waals surface area contributed by atoms with Gasteiger partial charge in [-0.2, -0.15) is 0 Å². The molecule has 2 aliphatic rings. The van der Waals surface area contributed by atoms with E-state index in [0.29, 0.717) is 29.5 Å². The number of nitrogens with one attached hydrogen (secondary N) is 2. The van der Waals surface area contributed by atoms with Crippen molar-refractivity contribution in [1.82, 2.24) is 15.5 Å². The van der Waals surface area contributed by atoms with Crippen LogP contribution in [0, 0.1) is 0 Å². The molecule has 0 radical (unpaired) electrons. The van der Waals surface area contributed by atoms with Crippen molar-refractivity contribution in [2.45, 2.75) is 25.3 Å². The van der Waals surface area contributed by atoms with E-state index in [1.165, 1.54) is 5.56 Å². The zero-order valence-electron chi connectivity index (χ0n) is 18.5. The van der Waals surface area contributed by atoms with Gasteiger partial charge in [0.2, 0.25) is 0 Å². The Balaban J connectivity index is 1.61. The molecule has 2 atom stereocenters. The number of amides is 2. The van der Waals surface area contributed by atoms with Gasteiger partial charge in [-0.3, -0.25) is 4.90 Å². The smallest absolute Gasteiger partial charge is 0.338 e. The number of hydrogen-bond donors (Lipinski definition) is 2. The first-order chi connectivity index (χ1) is 15.6. The van der Waals surface area contributed by atoms with Crippen LogP contribution in [0.15, 0.2) is 65.9 Å². The molecule has 2 heterocycles. The van der Waals surface area contributed by atoms with E-state index < -0.39 is 12.0 Å². The highest BCUT2D eigenvalue weighted by atomic mass is 16.5. The Kier molecular flexibility index (Phi) is 6.75. The molecule has 2 amide bonds. The van der Waals surface area contributed by atoms with Gasteiger partial charge in [-0.15, -0.1) is 0 Å². The number of nitrogens with zero attached hydrogens (tertiary/aromatic N) is 1. The van der Waals surface area contributed by atoms with Gasteiger partial charge in [0.25, 0.3) is 0 Å². The normalized spacial score (nSPS) is 21.1. The number of likely N-dealkylation sites (tertiary alicyclic amines) is 1. The quantitative estimate of drug-likeness (QED) is 0.652. The van der Waals surface area contributed by atoms with Gasteiger partial charge in [0, 0.05) is 18.8 Å². The van der Waals surface area contributed by atoms with Crippen molar-refractivity contribution in [3.05, 3.63) is 77.0 Å². The fourth-order valence-corrected chi connectivity index (χ4v) is 4.44. The number of methoxy groups -OCH3 is 1. The van der Waals surface area contributed by atoms with Crippen LogP contribution in [0.4, 0.5) is 4.79 Å². The van der Waals surface area contributed by atoms with E-state index in [2.05, 4.69) is 39.8 Å². The van der Waals surface area contributed by atoms with E-state index >= 15 is 0 Å². The molecule has 0 saturated carbocycles. The highest BCUT2D eigenvalue weighted by Gasteiger charge is 2.35. The summed E-state index contributed by atoms with van der Waals surface area (Å²) in [5.41, 5.74) is 3.16. The van der Waals surface area contributed by atoms with Crippen LogP contribution in [0.1, 0.15) is 36.4 Å². The molecule has 4 rings (SSSR count). The molecule has 2 aromatic rings. The first kappa shape index (κ1) is 21.9. The molecule has 7 heteroatoms. The number of esters is 1. The molecule has 0 spiro atoms. The van der Waals surface area contributed by atoms with Crippen LogP contribution in [0.2, 0.25) is 0 Å². The Morgan fingerprint density at radius 1 is 1.09 bits per heavy atom. The zero-order valence-corrected chi connectivity index (χ0v) is 18.5. The standard InChI is InChI=1S/C25H29N3O4/c1-3-32-24(29)22-21(16-28-14-13-19(15-28)17-7-5-4-6-8-17)26-25(30)27-23(22)18-9-11-20(31-2)12-10-18/h4-12,19,23H,3,13-16H2,1-2H3,(H2,26,27,30)/t19-,23+/m1/s1. The molecule has 168 valence electrons. The van der Waals surface area contributed by atoms with Gasteiger partial charge in [-0.25, -0.2) is 9.59 Å². The molecule has 1 saturated heterocycles. The van der Waals surface area contributed by atoms with Gasteiger partial charge in [0.15, 0.2) is 0 Å². The van der Waals surface area contributed by atoms with Crippen molar-refractivity contribution < 1.29 is 19.1 Å². The van der Waals surface area contributed by atoms with Crippen LogP contribution in [0.5, 0.6) is 5.75 Å². The Bertz CT molecular complexity index is 988. The van der Waals surface area contributed by atoms with Crippen molar-refractivity contribution in [3.63, 3.8) is 0 Å². The third-order valence-corrected chi connectivity index (χ3v) is 6.02. The highest BCUT2D eigenvalue weighted by molar-refractivity contribution is 5.95. The second-order valence-corrected chi connectivity index (χ2v) is 8.05. The summed E-state index contributed by atoms with van der Waals surface area (Å²) in [5.74, 6) is 0.729. The van der Waals surface area contributed by atoms with Gasteiger partial charge < -0.3 is 20.1 Å². The predicted molar refractivity (Wildman–Crippen MR) is 121 cm³/mol. The second-order valence-electron chi connectivity index (χ2n) is 8.05. The van der Waals surface area contributed by atoms with Crippen molar-refractivity contribution in [1.29, 1.82) is 0 Å². The van der Waals surface area contributed by atoms with Crippen molar-refractivity contribution in [2.24, 2.45) is 0 Å². The molecule has 2 N–H and O–H groups in total. The van der Waals surface area contributed by atoms with Crippen LogP contribution in [0.3, 0.4) is 0 Å². The number of urea groups is 1. The summed E-state index contributed by atoms with van der Waals surface area (Å²) < 4.78 is 10.6. The third kappa shape index (κ3) is 4.78. The maximum absolute atomic E-state index is 13.0. The number of carbonyl (C=O) groups excluding carboxylic acids is 2. The van der Waals surface area contributed by atoms with Crippen molar-refractivity contribution in [3.8, 4) is 5.75 Å².